The fourth-order valence-electron chi connectivity index (χ4n) is 1.37. The summed E-state index contributed by atoms with van der Waals surface area (Å²) in [5.74, 6) is 1.81. The highest BCUT2D eigenvalue weighted by molar-refractivity contribution is 4.84. The molecule has 0 fully saturated rings. The van der Waals surface area contributed by atoms with Crippen molar-refractivity contribution in [2.45, 2.75) is 40.3 Å². The molecule has 0 aliphatic carbocycles. The second kappa shape index (κ2) is 6.60. The molecule has 0 aromatic carbocycles. The van der Waals surface area contributed by atoms with E-state index in [1.165, 1.54) is 0 Å². The topological polar surface area (TPSA) is 60.2 Å². The zero-order valence-corrected chi connectivity index (χ0v) is 10.5. The van der Waals surface area contributed by atoms with Gasteiger partial charge in [0.05, 0.1) is 13.2 Å². The number of ether oxygens (including phenoxy) is 1. The van der Waals surface area contributed by atoms with E-state index in [0.717, 1.165) is 6.61 Å². The minimum Gasteiger partial charge on any atom is -0.380 e. The van der Waals surface area contributed by atoms with E-state index in [2.05, 4.69) is 29.3 Å². The van der Waals surface area contributed by atoms with Crippen molar-refractivity contribution in [2.24, 2.45) is 5.92 Å². The zero-order chi connectivity index (χ0) is 12.0. The molecule has 16 heavy (non-hydrogen) atoms. The van der Waals surface area contributed by atoms with Gasteiger partial charge in [0.15, 0.2) is 5.82 Å². The quantitative estimate of drug-likeness (QED) is 0.765. The van der Waals surface area contributed by atoms with E-state index in [4.69, 9.17) is 9.26 Å². The van der Waals surface area contributed by atoms with Crippen LogP contribution in [0.5, 0.6) is 0 Å². The molecule has 1 rings (SSSR count). The Bertz CT molecular complexity index is 299. The van der Waals surface area contributed by atoms with Gasteiger partial charge in [0.1, 0.15) is 0 Å². The van der Waals surface area contributed by atoms with E-state index in [9.17, 15) is 0 Å². The van der Waals surface area contributed by atoms with Crippen molar-refractivity contribution in [2.75, 3.05) is 13.2 Å². The third-order valence-corrected chi connectivity index (χ3v) is 2.40. The summed E-state index contributed by atoms with van der Waals surface area (Å²) in [5.41, 5.74) is 0. The fraction of sp³-hybridized carbons (Fsp3) is 0.818. The Morgan fingerprint density at radius 3 is 2.69 bits per heavy atom. The lowest BCUT2D eigenvalue weighted by molar-refractivity contribution is 0.107. The van der Waals surface area contributed by atoms with Crippen molar-refractivity contribution in [1.29, 1.82) is 0 Å². The van der Waals surface area contributed by atoms with Gasteiger partial charge in [-0.25, -0.2) is 0 Å². The smallest absolute Gasteiger partial charge is 0.223 e. The average Bonchev–Trinajstić information content (AvgIpc) is 2.64. The lowest BCUT2D eigenvalue weighted by Gasteiger charge is -2.21. The second-order valence-electron chi connectivity index (χ2n) is 4.12. The van der Waals surface area contributed by atoms with Crippen molar-refractivity contribution in [3.63, 3.8) is 0 Å². The number of rotatable bonds is 7. The largest absolute Gasteiger partial charge is 0.380 e. The van der Waals surface area contributed by atoms with Gasteiger partial charge in [-0.15, -0.1) is 0 Å². The van der Waals surface area contributed by atoms with Crippen LogP contribution in [0, 0.1) is 12.8 Å². The van der Waals surface area contributed by atoms with Crippen LogP contribution in [0.3, 0.4) is 0 Å². The third kappa shape index (κ3) is 4.28. The molecule has 0 spiro atoms. The summed E-state index contributed by atoms with van der Waals surface area (Å²) in [6, 6.07) is 0.318. The number of nitrogens with zero attached hydrogens (tertiary/aromatic N) is 2. The van der Waals surface area contributed by atoms with Crippen LogP contribution >= 0.6 is 0 Å². The SMILES string of the molecule is CCOC[C@@H](NCc1noc(C)n1)C(C)C. The number of aryl methyl sites for hydroxylation is 1. The van der Waals surface area contributed by atoms with E-state index >= 15 is 0 Å². The van der Waals surface area contributed by atoms with Crippen LogP contribution in [-0.4, -0.2) is 29.4 Å². The molecule has 1 heterocycles. The van der Waals surface area contributed by atoms with E-state index in [-0.39, 0.29) is 0 Å². The Morgan fingerprint density at radius 2 is 2.19 bits per heavy atom. The predicted octanol–water partition coefficient (Wildman–Crippen LogP) is 1.53. The van der Waals surface area contributed by atoms with Crippen molar-refractivity contribution < 1.29 is 9.26 Å². The van der Waals surface area contributed by atoms with Gasteiger partial charge in [-0.05, 0) is 12.8 Å². The van der Waals surface area contributed by atoms with Gasteiger partial charge in [0.2, 0.25) is 5.89 Å². The Balaban J connectivity index is 2.37. The van der Waals surface area contributed by atoms with Crippen LogP contribution in [0.25, 0.3) is 0 Å². The third-order valence-electron chi connectivity index (χ3n) is 2.40. The van der Waals surface area contributed by atoms with E-state index in [1.54, 1.807) is 6.92 Å². The molecule has 0 bridgehead atoms. The zero-order valence-electron chi connectivity index (χ0n) is 10.5. The molecule has 1 N–H and O–H groups in total. The summed E-state index contributed by atoms with van der Waals surface area (Å²) in [7, 11) is 0. The Kier molecular flexibility index (Phi) is 5.42. The van der Waals surface area contributed by atoms with Gasteiger partial charge >= 0.3 is 0 Å². The van der Waals surface area contributed by atoms with Gasteiger partial charge in [0.25, 0.3) is 0 Å². The summed E-state index contributed by atoms with van der Waals surface area (Å²) in [5, 5.41) is 7.21. The molecule has 0 saturated carbocycles. The number of hydrogen-bond acceptors (Lipinski definition) is 5. The first-order chi connectivity index (χ1) is 7.63. The molecule has 0 aliphatic rings. The Morgan fingerprint density at radius 1 is 1.44 bits per heavy atom. The van der Waals surface area contributed by atoms with Gasteiger partial charge in [-0.2, -0.15) is 4.98 Å². The molecular weight excluding hydrogens is 206 g/mol. The molecule has 1 atom stereocenters. The summed E-state index contributed by atoms with van der Waals surface area (Å²) >= 11 is 0. The standard InChI is InChI=1S/C11H21N3O2/c1-5-15-7-10(8(2)3)12-6-11-13-9(4)16-14-11/h8,10,12H,5-7H2,1-4H3/t10-/m1/s1. The molecule has 0 aliphatic heterocycles. The van der Waals surface area contributed by atoms with Crippen LogP contribution in [0.15, 0.2) is 4.52 Å². The maximum atomic E-state index is 5.42. The minimum absolute atomic E-state index is 0.318. The first-order valence-corrected chi connectivity index (χ1v) is 5.73. The molecule has 1 aromatic rings. The molecule has 0 amide bonds. The average molecular weight is 227 g/mol. The van der Waals surface area contributed by atoms with Crippen molar-refractivity contribution in [3.8, 4) is 0 Å². The Labute approximate surface area is 96.6 Å². The van der Waals surface area contributed by atoms with Crippen LogP contribution < -0.4 is 5.32 Å². The summed E-state index contributed by atoms with van der Waals surface area (Å²) < 4.78 is 10.3. The van der Waals surface area contributed by atoms with E-state index in [1.807, 2.05) is 6.92 Å². The van der Waals surface area contributed by atoms with Crippen LogP contribution in [0.2, 0.25) is 0 Å². The summed E-state index contributed by atoms with van der Waals surface area (Å²) in [6.45, 7) is 10.2. The highest BCUT2D eigenvalue weighted by atomic mass is 16.5. The molecular formula is C11H21N3O2. The van der Waals surface area contributed by atoms with Gasteiger partial charge in [-0.1, -0.05) is 19.0 Å². The highest BCUT2D eigenvalue weighted by Crippen LogP contribution is 2.04. The maximum Gasteiger partial charge on any atom is 0.223 e. The normalized spacial score (nSPS) is 13.3. The molecule has 0 unspecified atom stereocenters. The van der Waals surface area contributed by atoms with Gasteiger partial charge < -0.3 is 14.6 Å². The van der Waals surface area contributed by atoms with Crippen LogP contribution in [0.1, 0.15) is 32.5 Å². The monoisotopic (exact) mass is 227 g/mol. The first kappa shape index (κ1) is 13.1. The second-order valence-corrected chi connectivity index (χ2v) is 4.12. The highest BCUT2D eigenvalue weighted by Gasteiger charge is 2.13. The summed E-state index contributed by atoms with van der Waals surface area (Å²) in [4.78, 5) is 4.14. The molecule has 5 heteroatoms. The van der Waals surface area contributed by atoms with Crippen molar-refractivity contribution in [1.82, 2.24) is 15.5 Å². The van der Waals surface area contributed by atoms with Gasteiger partial charge in [0, 0.05) is 19.6 Å². The first-order valence-electron chi connectivity index (χ1n) is 5.73. The molecule has 0 saturated heterocycles. The summed E-state index contributed by atoms with van der Waals surface area (Å²) in [6.07, 6.45) is 0. The molecule has 92 valence electrons. The van der Waals surface area contributed by atoms with E-state index < -0.39 is 0 Å². The fourth-order valence-corrected chi connectivity index (χ4v) is 1.37. The van der Waals surface area contributed by atoms with Crippen molar-refractivity contribution in [3.05, 3.63) is 11.7 Å². The molecule has 0 radical (unpaired) electrons. The Hall–Kier alpha value is -0.940. The van der Waals surface area contributed by atoms with Crippen LogP contribution in [-0.2, 0) is 11.3 Å². The van der Waals surface area contributed by atoms with Crippen molar-refractivity contribution >= 4 is 0 Å². The maximum absolute atomic E-state index is 5.42. The number of hydrogen-bond donors (Lipinski definition) is 1. The lowest BCUT2D eigenvalue weighted by Crippen LogP contribution is -2.37. The van der Waals surface area contributed by atoms with E-state index in [0.29, 0.717) is 36.8 Å². The minimum atomic E-state index is 0.318. The van der Waals surface area contributed by atoms with Crippen LogP contribution in [0.4, 0.5) is 0 Å². The number of aromatic nitrogens is 2. The number of nitrogens with one attached hydrogen (secondary N) is 1. The van der Waals surface area contributed by atoms with Gasteiger partial charge in [-0.3, -0.25) is 0 Å². The lowest BCUT2D eigenvalue weighted by atomic mass is 10.1. The molecule has 1 aromatic heterocycles. The predicted molar refractivity (Wildman–Crippen MR) is 61.0 cm³/mol. The molecule has 5 nitrogen and oxygen atoms in total.